The van der Waals surface area contributed by atoms with Gasteiger partial charge in [0, 0.05) is 36.5 Å². The number of benzene rings is 2. The number of hydrogen-bond donors (Lipinski definition) is 1. The summed E-state index contributed by atoms with van der Waals surface area (Å²) in [5, 5.41) is 3.48. The molecule has 0 aromatic heterocycles. The summed E-state index contributed by atoms with van der Waals surface area (Å²) in [6.45, 7) is 5.37. The fourth-order valence-electron chi connectivity index (χ4n) is 5.13. The molecule has 2 aromatic carbocycles. The van der Waals surface area contributed by atoms with E-state index >= 15 is 0 Å². The monoisotopic (exact) mass is 376 g/mol. The Labute approximate surface area is 166 Å². The van der Waals surface area contributed by atoms with E-state index < -0.39 is 0 Å². The first-order valence-corrected chi connectivity index (χ1v) is 10.6. The van der Waals surface area contributed by atoms with Gasteiger partial charge < -0.3 is 15.0 Å². The third kappa shape index (κ3) is 2.82. The van der Waals surface area contributed by atoms with Crippen molar-refractivity contribution in [2.24, 2.45) is 5.92 Å². The van der Waals surface area contributed by atoms with Gasteiger partial charge in [-0.1, -0.05) is 49.4 Å². The molecule has 2 aromatic rings. The molecule has 0 radical (unpaired) electrons. The first-order chi connectivity index (χ1) is 13.7. The number of fused-ring (bicyclic) bond motifs is 2. The minimum absolute atomic E-state index is 0.00653. The van der Waals surface area contributed by atoms with Gasteiger partial charge in [-0.05, 0) is 36.5 Å². The molecular formula is C24H28N2O2. The van der Waals surface area contributed by atoms with Gasteiger partial charge in [0.2, 0.25) is 5.91 Å². The normalized spacial score (nSPS) is 28.5. The van der Waals surface area contributed by atoms with Crippen LogP contribution in [0.15, 0.2) is 48.5 Å². The summed E-state index contributed by atoms with van der Waals surface area (Å²) in [4.78, 5) is 15.7. The number of para-hydroxylation sites is 1. The highest BCUT2D eigenvalue weighted by Gasteiger charge is 2.62. The predicted molar refractivity (Wildman–Crippen MR) is 109 cm³/mol. The average Bonchev–Trinajstić information content (AvgIpc) is 3.48. The first kappa shape index (κ1) is 17.7. The van der Waals surface area contributed by atoms with Gasteiger partial charge in [-0.2, -0.15) is 0 Å². The van der Waals surface area contributed by atoms with E-state index in [0.29, 0.717) is 12.5 Å². The molecular weight excluding hydrogens is 348 g/mol. The van der Waals surface area contributed by atoms with Crippen molar-refractivity contribution in [2.75, 3.05) is 26.2 Å². The summed E-state index contributed by atoms with van der Waals surface area (Å²) < 4.78 is 5.85. The van der Waals surface area contributed by atoms with Crippen molar-refractivity contribution >= 4 is 5.91 Å². The van der Waals surface area contributed by atoms with Crippen LogP contribution in [-0.2, 0) is 16.6 Å². The Morgan fingerprint density at radius 1 is 1.21 bits per heavy atom. The Morgan fingerprint density at radius 2 is 2.04 bits per heavy atom. The lowest BCUT2D eigenvalue weighted by atomic mass is 9.87. The Kier molecular flexibility index (Phi) is 4.39. The highest BCUT2D eigenvalue weighted by atomic mass is 16.5. The summed E-state index contributed by atoms with van der Waals surface area (Å²) in [7, 11) is 0. The SMILES string of the molecule is CCc1ccc(C2CNCCN2C(=O)C2CC23CCOc2ccccc23)cc1. The Balaban J connectivity index is 1.40. The van der Waals surface area contributed by atoms with Crippen molar-refractivity contribution in [3.63, 3.8) is 0 Å². The van der Waals surface area contributed by atoms with E-state index in [1.807, 2.05) is 12.1 Å². The van der Waals surface area contributed by atoms with Crippen LogP contribution in [0.3, 0.4) is 0 Å². The van der Waals surface area contributed by atoms with Crippen molar-refractivity contribution < 1.29 is 9.53 Å². The number of nitrogens with zero attached hydrogens (tertiary/aromatic N) is 1. The summed E-state index contributed by atoms with van der Waals surface area (Å²) >= 11 is 0. The second-order valence-electron chi connectivity index (χ2n) is 8.35. The lowest BCUT2D eigenvalue weighted by Gasteiger charge is -2.38. The van der Waals surface area contributed by atoms with E-state index in [1.165, 1.54) is 16.7 Å². The van der Waals surface area contributed by atoms with E-state index in [-0.39, 0.29) is 17.4 Å². The standard InChI is InChI=1S/C24H28N2O2/c1-2-17-7-9-18(10-8-17)21-16-25-12-13-26(21)23(27)20-15-24(20)11-14-28-22-6-4-3-5-19(22)24/h3-10,20-21,25H,2,11-16H2,1H3. The van der Waals surface area contributed by atoms with Crippen LogP contribution in [0.2, 0.25) is 0 Å². The number of amides is 1. The largest absolute Gasteiger partial charge is 0.493 e. The molecule has 28 heavy (non-hydrogen) atoms. The van der Waals surface area contributed by atoms with Crippen LogP contribution in [0.5, 0.6) is 5.75 Å². The number of carbonyl (C=O) groups is 1. The topological polar surface area (TPSA) is 41.6 Å². The molecule has 1 spiro atoms. The van der Waals surface area contributed by atoms with Crippen molar-refractivity contribution in [2.45, 2.75) is 37.6 Å². The lowest BCUT2D eigenvalue weighted by molar-refractivity contribution is -0.136. The maximum Gasteiger partial charge on any atom is 0.227 e. The average molecular weight is 377 g/mol. The molecule has 1 saturated carbocycles. The van der Waals surface area contributed by atoms with Crippen LogP contribution < -0.4 is 10.1 Å². The molecule has 1 saturated heterocycles. The number of rotatable bonds is 3. The van der Waals surface area contributed by atoms with Gasteiger partial charge in [-0.15, -0.1) is 0 Å². The maximum absolute atomic E-state index is 13.6. The molecule has 1 N–H and O–H groups in total. The van der Waals surface area contributed by atoms with E-state index in [2.05, 4.69) is 53.5 Å². The van der Waals surface area contributed by atoms with Gasteiger partial charge in [-0.3, -0.25) is 4.79 Å². The van der Waals surface area contributed by atoms with Gasteiger partial charge >= 0.3 is 0 Å². The number of ether oxygens (including phenoxy) is 1. The van der Waals surface area contributed by atoms with Crippen molar-refractivity contribution in [1.29, 1.82) is 0 Å². The summed E-state index contributed by atoms with van der Waals surface area (Å²) in [6, 6.07) is 17.2. The summed E-state index contributed by atoms with van der Waals surface area (Å²) in [6.07, 6.45) is 2.94. The fourth-order valence-corrected chi connectivity index (χ4v) is 5.13. The van der Waals surface area contributed by atoms with Gasteiger partial charge in [0.1, 0.15) is 5.75 Å². The van der Waals surface area contributed by atoms with E-state index in [1.54, 1.807) is 0 Å². The van der Waals surface area contributed by atoms with Crippen LogP contribution in [0.25, 0.3) is 0 Å². The number of piperazine rings is 1. The molecule has 1 amide bonds. The Morgan fingerprint density at radius 3 is 2.86 bits per heavy atom. The second kappa shape index (κ2) is 6.93. The lowest BCUT2D eigenvalue weighted by Crippen LogP contribution is -2.49. The molecule has 2 fully saturated rings. The van der Waals surface area contributed by atoms with Gasteiger partial charge in [0.05, 0.1) is 12.6 Å². The highest BCUT2D eigenvalue weighted by Crippen LogP contribution is 2.61. The smallest absolute Gasteiger partial charge is 0.227 e. The highest BCUT2D eigenvalue weighted by molar-refractivity contribution is 5.85. The number of hydrogen-bond acceptors (Lipinski definition) is 3. The predicted octanol–water partition coefficient (Wildman–Crippen LogP) is 3.46. The van der Waals surface area contributed by atoms with Crippen LogP contribution in [0, 0.1) is 5.92 Å². The molecule has 4 nitrogen and oxygen atoms in total. The van der Waals surface area contributed by atoms with Gasteiger partial charge in [-0.25, -0.2) is 0 Å². The molecule has 3 atom stereocenters. The van der Waals surface area contributed by atoms with Crippen LogP contribution in [-0.4, -0.2) is 37.0 Å². The van der Waals surface area contributed by atoms with Crippen molar-refractivity contribution in [3.05, 3.63) is 65.2 Å². The van der Waals surface area contributed by atoms with E-state index in [9.17, 15) is 4.79 Å². The number of carbonyl (C=O) groups excluding carboxylic acids is 1. The maximum atomic E-state index is 13.6. The Bertz CT molecular complexity index is 878. The molecule has 0 bridgehead atoms. The molecule has 5 rings (SSSR count). The zero-order valence-electron chi connectivity index (χ0n) is 16.5. The van der Waals surface area contributed by atoms with Crippen molar-refractivity contribution in [1.82, 2.24) is 10.2 Å². The zero-order chi connectivity index (χ0) is 19.1. The summed E-state index contributed by atoms with van der Waals surface area (Å²) in [5.41, 5.74) is 3.80. The van der Waals surface area contributed by atoms with Crippen LogP contribution >= 0.6 is 0 Å². The molecule has 3 aliphatic rings. The first-order valence-electron chi connectivity index (χ1n) is 10.6. The minimum atomic E-state index is -0.00653. The number of aryl methyl sites for hydroxylation is 1. The molecule has 1 aliphatic carbocycles. The fraction of sp³-hybridized carbons (Fsp3) is 0.458. The van der Waals surface area contributed by atoms with Crippen LogP contribution in [0.4, 0.5) is 0 Å². The molecule has 2 heterocycles. The minimum Gasteiger partial charge on any atom is -0.493 e. The Hall–Kier alpha value is -2.33. The van der Waals surface area contributed by atoms with Gasteiger partial charge in [0.15, 0.2) is 0 Å². The molecule has 146 valence electrons. The molecule has 4 heteroatoms. The molecule has 3 unspecified atom stereocenters. The third-order valence-corrected chi connectivity index (χ3v) is 6.90. The second-order valence-corrected chi connectivity index (χ2v) is 8.35. The summed E-state index contributed by atoms with van der Waals surface area (Å²) in [5.74, 6) is 1.38. The molecule has 2 aliphatic heterocycles. The van der Waals surface area contributed by atoms with Crippen LogP contribution in [0.1, 0.15) is 42.5 Å². The number of nitrogens with one attached hydrogen (secondary N) is 1. The van der Waals surface area contributed by atoms with E-state index in [0.717, 1.165) is 44.6 Å². The third-order valence-electron chi connectivity index (χ3n) is 6.90. The quantitative estimate of drug-likeness (QED) is 0.892. The van der Waals surface area contributed by atoms with E-state index in [4.69, 9.17) is 4.74 Å². The zero-order valence-corrected chi connectivity index (χ0v) is 16.5. The van der Waals surface area contributed by atoms with Crippen molar-refractivity contribution in [3.8, 4) is 5.75 Å². The van der Waals surface area contributed by atoms with Gasteiger partial charge in [0.25, 0.3) is 0 Å².